The number of carbonyl (C=O) groups excluding carboxylic acids is 3. The second kappa shape index (κ2) is 14.7. The fourth-order valence-electron chi connectivity index (χ4n) is 3.00. The maximum Gasteiger partial charge on any atom is 0.326 e. The Kier molecular flexibility index (Phi) is 13.7. The molecule has 0 aliphatic heterocycles. The Bertz CT molecular complexity index is 595. The van der Waals surface area contributed by atoms with Crippen LogP contribution in [0, 0.1) is 11.8 Å². The molecule has 0 fully saturated rings. The first-order valence-corrected chi connectivity index (χ1v) is 11.0. The summed E-state index contributed by atoms with van der Waals surface area (Å²) >= 11 is 0. The van der Waals surface area contributed by atoms with Gasteiger partial charge in [-0.05, 0) is 57.4 Å². The van der Waals surface area contributed by atoms with Gasteiger partial charge in [-0.3, -0.25) is 14.4 Å². The number of amides is 3. The smallest absolute Gasteiger partial charge is 0.326 e. The predicted octanol–water partition coefficient (Wildman–Crippen LogP) is 0.0938. The van der Waals surface area contributed by atoms with Crippen LogP contribution >= 0.6 is 0 Å². The summed E-state index contributed by atoms with van der Waals surface area (Å²) in [4.78, 5) is 49.2. The highest BCUT2D eigenvalue weighted by Crippen LogP contribution is 2.10. The fraction of sp³-hybridized carbons (Fsp3) is 0.810. The van der Waals surface area contributed by atoms with E-state index in [1.165, 1.54) is 6.92 Å². The van der Waals surface area contributed by atoms with E-state index in [1.54, 1.807) is 0 Å². The molecule has 0 aliphatic rings. The number of nitrogens with one attached hydrogen (secondary N) is 3. The van der Waals surface area contributed by atoms with Crippen LogP contribution in [0.2, 0.25) is 0 Å². The molecule has 0 spiro atoms. The number of carbonyl (C=O) groups is 4. The van der Waals surface area contributed by atoms with E-state index >= 15 is 0 Å². The Morgan fingerprint density at radius 2 is 1.16 bits per heavy atom. The minimum atomic E-state index is -1.14. The van der Waals surface area contributed by atoms with E-state index in [4.69, 9.17) is 11.5 Å². The summed E-state index contributed by atoms with van der Waals surface area (Å²) in [6.45, 7) is 9.57. The van der Waals surface area contributed by atoms with Crippen LogP contribution in [0.1, 0.15) is 66.7 Å². The first-order chi connectivity index (χ1) is 14.4. The number of aliphatic carboxylic acids is 1. The van der Waals surface area contributed by atoms with Crippen molar-refractivity contribution in [2.45, 2.75) is 90.9 Å². The lowest BCUT2D eigenvalue weighted by Gasteiger charge is -2.26. The fourth-order valence-corrected chi connectivity index (χ4v) is 3.00. The SMILES string of the molecule is CC(C)CC(NC(=O)C(C)N)C(=O)NC(CC(C)C)C(=O)NC(CCCCN)C(=O)O. The number of nitrogens with two attached hydrogens (primary N) is 2. The van der Waals surface area contributed by atoms with Crippen molar-refractivity contribution in [2.24, 2.45) is 23.3 Å². The summed E-state index contributed by atoms with van der Waals surface area (Å²) in [5, 5.41) is 17.3. The summed E-state index contributed by atoms with van der Waals surface area (Å²) in [6, 6.07) is -3.61. The van der Waals surface area contributed by atoms with Crippen molar-refractivity contribution in [3.05, 3.63) is 0 Å². The van der Waals surface area contributed by atoms with Gasteiger partial charge < -0.3 is 32.5 Å². The van der Waals surface area contributed by atoms with Crippen LogP contribution in [0.3, 0.4) is 0 Å². The molecule has 0 saturated heterocycles. The van der Waals surface area contributed by atoms with Gasteiger partial charge in [-0.1, -0.05) is 27.7 Å². The van der Waals surface area contributed by atoms with E-state index in [0.717, 1.165) is 0 Å². The monoisotopic (exact) mass is 443 g/mol. The molecule has 0 bridgehead atoms. The predicted molar refractivity (Wildman–Crippen MR) is 119 cm³/mol. The number of carboxylic acids is 1. The number of hydrogen-bond acceptors (Lipinski definition) is 6. The third-order valence-corrected chi connectivity index (χ3v) is 4.66. The Morgan fingerprint density at radius 3 is 1.52 bits per heavy atom. The lowest BCUT2D eigenvalue weighted by atomic mass is 9.99. The van der Waals surface area contributed by atoms with Gasteiger partial charge in [0, 0.05) is 0 Å². The van der Waals surface area contributed by atoms with Crippen molar-refractivity contribution < 1.29 is 24.3 Å². The largest absolute Gasteiger partial charge is 0.480 e. The molecule has 10 nitrogen and oxygen atoms in total. The quantitative estimate of drug-likeness (QED) is 0.194. The van der Waals surface area contributed by atoms with Gasteiger partial charge in [0.1, 0.15) is 18.1 Å². The van der Waals surface area contributed by atoms with Crippen molar-refractivity contribution in [3.63, 3.8) is 0 Å². The van der Waals surface area contributed by atoms with Crippen LogP contribution in [0.5, 0.6) is 0 Å². The Labute approximate surface area is 185 Å². The highest BCUT2D eigenvalue weighted by Gasteiger charge is 2.30. The molecule has 0 saturated carbocycles. The van der Waals surface area contributed by atoms with Crippen LogP contribution in [-0.4, -0.2) is 59.5 Å². The number of unbranched alkanes of at least 4 members (excludes halogenated alkanes) is 1. The van der Waals surface area contributed by atoms with Crippen LogP contribution in [0.25, 0.3) is 0 Å². The topological polar surface area (TPSA) is 177 Å². The van der Waals surface area contributed by atoms with E-state index in [-0.39, 0.29) is 18.3 Å². The van der Waals surface area contributed by atoms with E-state index in [2.05, 4.69) is 16.0 Å². The zero-order valence-corrected chi connectivity index (χ0v) is 19.4. The standard InChI is InChI=1S/C21H41N5O5/c1-12(2)10-16(25-18(27)14(5)23)20(29)26-17(11-13(3)4)19(28)24-15(21(30)31)8-6-7-9-22/h12-17H,6-11,22-23H2,1-5H3,(H,24,28)(H,25,27)(H,26,29)(H,30,31). The molecule has 0 aromatic heterocycles. The number of carboxylic acid groups (broad SMARTS) is 1. The second-order valence-corrected chi connectivity index (χ2v) is 8.85. The van der Waals surface area contributed by atoms with E-state index in [1.807, 2.05) is 27.7 Å². The minimum absolute atomic E-state index is 0.0683. The second-order valence-electron chi connectivity index (χ2n) is 8.85. The first-order valence-electron chi connectivity index (χ1n) is 11.0. The average molecular weight is 444 g/mol. The molecule has 31 heavy (non-hydrogen) atoms. The summed E-state index contributed by atoms with van der Waals surface area (Å²) in [5.41, 5.74) is 11.0. The maximum atomic E-state index is 12.9. The van der Waals surface area contributed by atoms with E-state index in [0.29, 0.717) is 32.2 Å². The molecular formula is C21H41N5O5. The Balaban J connectivity index is 5.36. The molecule has 4 unspecified atom stereocenters. The van der Waals surface area contributed by atoms with E-state index < -0.39 is 47.9 Å². The summed E-state index contributed by atoms with van der Waals surface area (Å²) in [7, 11) is 0. The van der Waals surface area contributed by atoms with E-state index in [9.17, 15) is 24.3 Å². The van der Waals surface area contributed by atoms with Crippen molar-refractivity contribution >= 4 is 23.7 Å². The van der Waals surface area contributed by atoms with Gasteiger partial charge in [-0.15, -0.1) is 0 Å². The summed E-state index contributed by atoms with van der Waals surface area (Å²) in [5.74, 6) is -2.49. The minimum Gasteiger partial charge on any atom is -0.480 e. The van der Waals surface area contributed by atoms with Crippen LogP contribution in [0.4, 0.5) is 0 Å². The zero-order valence-electron chi connectivity index (χ0n) is 19.4. The zero-order chi connectivity index (χ0) is 24.1. The van der Waals surface area contributed by atoms with Gasteiger partial charge in [-0.2, -0.15) is 0 Å². The molecule has 8 N–H and O–H groups in total. The first kappa shape index (κ1) is 28.8. The third kappa shape index (κ3) is 12.3. The molecule has 180 valence electrons. The van der Waals surface area contributed by atoms with Crippen LogP contribution in [0.15, 0.2) is 0 Å². The van der Waals surface area contributed by atoms with Gasteiger partial charge in [0.2, 0.25) is 17.7 Å². The van der Waals surface area contributed by atoms with Gasteiger partial charge in [0.15, 0.2) is 0 Å². The number of hydrogen-bond donors (Lipinski definition) is 6. The molecule has 0 radical (unpaired) electrons. The molecular weight excluding hydrogens is 402 g/mol. The lowest BCUT2D eigenvalue weighted by molar-refractivity contribution is -0.142. The van der Waals surface area contributed by atoms with Crippen molar-refractivity contribution in [1.29, 1.82) is 0 Å². The van der Waals surface area contributed by atoms with Crippen LogP contribution in [-0.2, 0) is 19.2 Å². The van der Waals surface area contributed by atoms with Gasteiger partial charge in [0.25, 0.3) is 0 Å². The molecule has 0 aromatic carbocycles. The molecule has 0 heterocycles. The van der Waals surface area contributed by atoms with Gasteiger partial charge in [0.05, 0.1) is 6.04 Å². The molecule has 3 amide bonds. The summed E-state index contributed by atoms with van der Waals surface area (Å²) in [6.07, 6.45) is 2.16. The van der Waals surface area contributed by atoms with Gasteiger partial charge >= 0.3 is 5.97 Å². The van der Waals surface area contributed by atoms with Crippen molar-refractivity contribution in [1.82, 2.24) is 16.0 Å². The third-order valence-electron chi connectivity index (χ3n) is 4.66. The number of rotatable bonds is 15. The van der Waals surface area contributed by atoms with Crippen LogP contribution < -0.4 is 27.4 Å². The molecule has 0 aliphatic carbocycles. The van der Waals surface area contributed by atoms with Crippen molar-refractivity contribution in [3.8, 4) is 0 Å². The highest BCUT2D eigenvalue weighted by atomic mass is 16.4. The maximum absolute atomic E-state index is 12.9. The molecule has 10 heteroatoms. The van der Waals surface area contributed by atoms with Crippen molar-refractivity contribution in [2.75, 3.05) is 6.54 Å². The average Bonchev–Trinajstić information content (AvgIpc) is 2.64. The molecule has 4 atom stereocenters. The summed E-state index contributed by atoms with van der Waals surface area (Å²) < 4.78 is 0. The normalized spacial score (nSPS) is 15.1. The Hall–Kier alpha value is -2.20. The lowest BCUT2D eigenvalue weighted by Crippen LogP contribution is -2.57. The molecule has 0 rings (SSSR count). The van der Waals surface area contributed by atoms with Gasteiger partial charge in [-0.25, -0.2) is 4.79 Å². The molecule has 0 aromatic rings. The highest BCUT2D eigenvalue weighted by molar-refractivity contribution is 5.94. The Morgan fingerprint density at radius 1 is 0.742 bits per heavy atom.